The van der Waals surface area contributed by atoms with Crippen molar-refractivity contribution in [1.82, 2.24) is 9.88 Å². The third-order valence-electron chi connectivity index (χ3n) is 3.53. The summed E-state index contributed by atoms with van der Waals surface area (Å²) in [5.74, 6) is 0.532. The Balaban J connectivity index is 1.97. The van der Waals surface area contributed by atoms with Crippen molar-refractivity contribution in [3.05, 3.63) is 23.9 Å². The van der Waals surface area contributed by atoms with E-state index in [1.807, 2.05) is 13.8 Å². The second-order valence-corrected chi connectivity index (χ2v) is 5.71. The number of hydrogen-bond donors (Lipinski definition) is 2. The summed E-state index contributed by atoms with van der Waals surface area (Å²) in [4.78, 5) is 6.45. The van der Waals surface area contributed by atoms with Crippen LogP contribution in [-0.4, -0.2) is 46.8 Å². The fourth-order valence-electron chi connectivity index (χ4n) is 2.53. The number of nitrogens with zero attached hydrogens (tertiary/aromatic N) is 2. The molecule has 1 aliphatic rings. The maximum absolute atomic E-state index is 10.4. The highest BCUT2D eigenvalue weighted by Gasteiger charge is 2.22. The zero-order valence-corrected chi connectivity index (χ0v) is 12.3. The maximum Gasteiger partial charge on any atom is 0.213 e. The molecule has 112 valence electrons. The highest BCUT2D eigenvalue weighted by molar-refractivity contribution is 5.23. The van der Waals surface area contributed by atoms with Crippen molar-refractivity contribution in [2.75, 3.05) is 19.6 Å². The number of hydrogen-bond acceptors (Lipinski definition) is 5. The van der Waals surface area contributed by atoms with E-state index < -0.39 is 6.10 Å². The number of rotatable bonds is 6. The summed E-state index contributed by atoms with van der Waals surface area (Å²) in [6, 6.07) is 3.28. The zero-order chi connectivity index (χ0) is 14.5. The van der Waals surface area contributed by atoms with E-state index in [9.17, 15) is 5.11 Å². The molecule has 2 rings (SSSR count). The third-order valence-corrected chi connectivity index (χ3v) is 3.53. The molecule has 3 N–H and O–H groups in total. The predicted molar refractivity (Wildman–Crippen MR) is 78.6 cm³/mol. The summed E-state index contributed by atoms with van der Waals surface area (Å²) in [5, 5.41) is 10.4. The molecule has 1 aromatic heterocycles. The fourth-order valence-corrected chi connectivity index (χ4v) is 2.53. The molecule has 0 unspecified atom stereocenters. The summed E-state index contributed by atoms with van der Waals surface area (Å²) >= 11 is 0. The molecule has 0 bridgehead atoms. The number of aliphatic hydroxyl groups excluding tert-OH is 1. The van der Waals surface area contributed by atoms with Crippen LogP contribution >= 0.6 is 0 Å². The standard InChI is InChI=1S/C15H25N3O2/c1-11(2)20-14-9-12(5-6-17-14)15(19)13(16)10-18-7-3-4-8-18/h5-6,9,11,13,15,19H,3-4,7-8,10,16H2,1-2H3/t13-,15-/m1/s1. The van der Waals surface area contributed by atoms with E-state index in [0.29, 0.717) is 5.88 Å². The van der Waals surface area contributed by atoms with Gasteiger partial charge in [-0.05, 0) is 51.4 Å². The van der Waals surface area contributed by atoms with Crippen LogP contribution in [0.2, 0.25) is 0 Å². The Kier molecular flexibility index (Phi) is 5.34. The fraction of sp³-hybridized carbons (Fsp3) is 0.667. The highest BCUT2D eigenvalue weighted by atomic mass is 16.5. The van der Waals surface area contributed by atoms with E-state index in [1.165, 1.54) is 12.8 Å². The molecule has 5 heteroatoms. The first kappa shape index (κ1) is 15.2. The predicted octanol–water partition coefficient (Wildman–Crippen LogP) is 1.33. The van der Waals surface area contributed by atoms with Crippen molar-refractivity contribution in [1.29, 1.82) is 0 Å². The van der Waals surface area contributed by atoms with Crippen molar-refractivity contribution in [2.45, 2.75) is 44.9 Å². The summed E-state index contributed by atoms with van der Waals surface area (Å²) in [7, 11) is 0. The second-order valence-electron chi connectivity index (χ2n) is 5.71. The Labute approximate surface area is 120 Å². The van der Waals surface area contributed by atoms with Gasteiger partial charge in [-0.2, -0.15) is 0 Å². The van der Waals surface area contributed by atoms with Crippen molar-refractivity contribution in [3.8, 4) is 5.88 Å². The normalized spacial score (nSPS) is 19.2. The van der Waals surface area contributed by atoms with Crippen LogP contribution in [0, 0.1) is 0 Å². The van der Waals surface area contributed by atoms with Crippen LogP contribution < -0.4 is 10.5 Å². The average molecular weight is 279 g/mol. The Morgan fingerprint density at radius 3 is 2.75 bits per heavy atom. The molecule has 2 atom stereocenters. The number of pyridine rings is 1. The minimum Gasteiger partial charge on any atom is -0.475 e. The monoisotopic (exact) mass is 279 g/mol. The van der Waals surface area contributed by atoms with Gasteiger partial charge in [-0.25, -0.2) is 4.98 Å². The molecule has 1 aliphatic heterocycles. The minimum absolute atomic E-state index is 0.0631. The first-order valence-corrected chi connectivity index (χ1v) is 7.35. The molecular formula is C15H25N3O2. The smallest absolute Gasteiger partial charge is 0.213 e. The van der Waals surface area contributed by atoms with Gasteiger partial charge in [-0.15, -0.1) is 0 Å². The van der Waals surface area contributed by atoms with E-state index in [4.69, 9.17) is 10.5 Å². The molecule has 0 aromatic carbocycles. The molecule has 0 spiro atoms. The van der Waals surface area contributed by atoms with Gasteiger partial charge in [-0.3, -0.25) is 0 Å². The number of nitrogens with two attached hydrogens (primary N) is 1. The first-order valence-electron chi connectivity index (χ1n) is 7.35. The van der Waals surface area contributed by atoms with Crippen molar-refractivity contribution in [3.63, 3.8) is 0 Å². The number of aliphatic hydroxyl groups is 1. The molecule has 20 heavy (non-hydrogen) atoms. The number of ether oxygens (including phenoxy) is 1. The molecule has 1 aromatic rings. The van der Waals surface area contributed by atoms with Gasteiger partial charge in [0.1, 0.15) is 0 Å². The van der Waals surface area contributed by atoms with Crippen LogP contribution in [0.1, 0.15) is 38.4 Å². The Hall–Kier alpha value is -1.17. The van der Waals surface area contributed by atoms with Crippen LogP contribution in [0.25, 0.3) is 0 Å². The van der Waals surface area contributed by atoms with E-state index in [-0.39, 0.29) is 12.1 Å². The number of aromatic nitrogens is 1. The Morgan fingerprint density at radius 2 is 2.10 bits per heavy atom. The minimum atomic E-state index is -0.687. The third kappa shape index (κ3) is 4.16. The van der Waals surface area contributed by atoms with Crippen LogP contribution in [-0.2, 0) is 0 Å². The summed E-state index contributed by atoms with van der Waals surface area (Å²) < 4.78 is 5.54. The molecular weight excluding hydrogens is 254 g/mol. The largest absolute Gasteiger partial charge is 0.475 e. The highest BCUT2D eigenvalue weighted by Crippen LogP contribution is 2.21. The van der Waals surface area contributed by atoms with Crippen LogP contribution in [0.15, 0.2) is 18.3 Å². The molecule has 1 saturated heterocycles. The lowest BCUT2D eigenvalue weighted by Gasteiger charge is -2.24. The number of likely N-dealkylation sites (tertiary alicyclic amines) is 1. The Bertz CT molecular complexity index is 419. The Morgan fingerprint density at radius 1 is 1.40 bits per heavy atom. The van der Waals surface area contributed by atoms with Crippen molar-refractivity contribution in [2.24, 2.45) is 5.73 Å². The molecule has 5 nitrogen and oxygen atoms in total. The lowest BCUT2D eigenvalue weighted by Crippen LogP contribution is -2.40. The van der Waals surface area contributed by atoms with Crippen LogP contribution in [0.5, 0.6) is 5.88 Å². The van der Waals surface area contributed by atoms with E-state index in [0.717, 1.165) is 25.2 Å². The summed E-state index contributed by atoms with van der Waals surface area (Å²) in [6.45, 7) is 6.79. The maximum atomic E-state index is 10.4. The molecule has 0 aliphatic carbocycles. The van der Waals surface area contributed by atoms with Crippen molar-refractivity contribution >= 4 is 0 Å². The van der Waals surface area contributed by atoms with E-state index in [2.05, 4.69) is 9.88 Å². The molecule has 1 fully saturated rings. The summed E-state index contributed by atoms with van der Waals surface area (Å²) in [5.41, 5.74) is 6.89. The summed E-state index contributed by atoms with van der Waals surface area (Å²) in [6.07, 6.45) is 3.48. The average Bonchev–Trinajstić information content (AvgIpc) is 2.90. The molecule has 0 amide bonds. The van der Waals surface area contributed by atoms with Gasteiger partial charge in [0, 0.05) is 24.8 Å². The molecule has 0 saturated carbocycles. The quantitative estimate of drug-likeness (QED) is 0.822. The lowest BCUT2D eigenvalue weighted by molar-refractivity contribution is 0.124. The zero-order valence-electron chi connectivity index (χ0n) is 12.3. The van der Waals surface area contributed by atoms with Gasteiger partial charge in [0.25, 0.3) is 0 Å². The van der Waals surface area contributed by atoms with Gasteiger partial charge in [0.2, 0.25) is 5.88 Å². The molecule has 2 heterocycles. The van der Waals surface area contributed by atoms with E-state index in [1.54, 1.807) is 18.3 Å². The lowest BCUT2D eigenvalue weighted by atomic mass is 10.0. The first-order chi connectivity index (χ1) is 9.56. The topological polar surface area (TPSA) is 71.6 Å². The molecule has 0 radical (unpaired) electrons. The van der Waals surface area contributed by atoms with Gasteiger partial charge in [0.05, 0.1) is 12.2 Å². The van der Waals surface area contributed by atoms with Gasteiger partial charge in [0.15, 0.2) is 0 Å². The SMILES string of the molecule is CC(C)Oc1cc([C@@H](O)[C@H](N)CN2CCCC2)ccn1. The van der Waals surface area contributed by atoms with Gasteiger partial charge < -0.3 is 20.5 Å². The van der Waals surface area contributed by atoms with Gasteiger partial charge in [-0.1, -0.05) is 0 Å². The van der Waals surface area contributed by atoms with Crippen LogP contribution in [0.4, 0.5) is 0 Å². The van der Waals surface area contributed by atoms with E-state index >= 15 is 0 Å². The second kappa shape index (κ2) is 7.02. The van der Waals surface area contributed by atoms with Gasteiger partial charge >= 0.3 is 0 Å². The van der Waals surface area contributed by atoms with Crippen molar-refractivity contribution < 1.29 is 9.84 Å². The van der Waals surface area contributed by atoms with Crippen LogP contribution in [0.3, 0.4) is 0 Å².